The number of pyridine rings is 1. The molecule has 3 rings (SSSR count). The first-order valence-corrected chi connectivity index (χ1v) is 8.91. The van der Waals surface area contributed by atoms with E-state index >= 15 is 0 Å². The summed E-state index contributed by atoms with van der Waals surface area (Å²) in [6.45, 7) is 6.09. The van der Waals surface area contributed by atoms with Gasteiger partial charge in [0.25, 0.3) is 0 Å². The Morgan fingerprint density at radius 2 is 2.00 bits per heavy atom. The lowest BCUT2D eigenvalue weighted by molar-refractivity contribution is 0.252. The molecule has 0 saturated carbocycles. The highest BCUT2D eigenvalue weighted by atomic mass is 16.5. The summed E-state index contributed by atoms with van der Waals surface area (Å²) in [4.78, 5) is 16.5. The first-order chi connectivity index (χ1) is 12.7. The number of aryl methyl sites for hydroxylation is 1. The molecule has 2 N–H and O–H groups in total. The number of carbonyl (C=O) groups excluding carboxylic acids is 1. The Bertz CT molecular complexity index is 871. The fraction of sp³-hybridized carbons (Fsp3) is 0.300. The van der Waals surface area contributed by atoms with E-state index < -0.39 is 0 Å². The molecule has 0 aliphatic heterocycles. The van der Waals surface area contributed by atoms with E-state index in [0.29, 0.717) is 13.2 Å². The molecule has 0 unspecified atom stereocenters. The van der Waals surface area contributed by atoms with Crippen molar-refractivity contribution in [1.82, 2.24) is 14.9 Å². The van der Waals surface area contributed by atoms with Gasteiger partial charge in [-0.3, -0.25) is 0 Å². The SMILES string of the molecule is CCOc1ccc(NC(=O)NCCc2cn(CC)c3ncccc23)cc1. The van der Waals surface area contributed by atoms with E-state index in [1.165, 1.54) is 5.56 Å². The second-order valence-electron chi connectivity index (χ2n) is 5.90. The molecular weight excluding hydrogens is 328 g/mol. The molecule has 0 atom stereocenters. The van der Waals surface area contributed by atoms with Crippen LogP contribution in [0.15, 0.2) is 48.8 Å². The number of rotatable bonds is 7. The van der Waals surface area contributed by atoms with Crippen LogP contribution in [0, 0.1) is 0 Å². The molecule has 6 heteroatoms. The molecule has 6 nitrogen and oxygen atoms in total. The molecule has 0 fully saturated rings. The second kappa shape index (κ2) is 8.38. The molecule has 0 aliphatic carbocycles. The standard InChI is InChI=1S/C20H24N4O2/c1-3-24-14-15(18-6-5-12-21-19(18)24)11-13-22-20(25)23-16-7-9-17(10-8-16)26-4-2/h5-10,12,14H,3-4,11,13H2,1-2H3,(H2,22,23,25). The molecule has 26 heavy (non-hydrogen) atoms. The Balaban J connectivity index is 1.54. The number of nitrogens with zero attached hydrogens (tertiary/aromatic N) is 2. The molecule has 0 spiro atoms. The number of hydrogen-bond donors (Lipinski definition) is 2. The smallest absolute Gasteiger partial charge is 0.319 e. The van der Waals surface area contributed by atoms with E-state index in [0.717, 1.165) is 35.4 Å². The molecule has 0 aliphatic rings. The lowest BCUT2D eigenvalue weighted by Crippen LogP contribution is -2.30. The molecular formula is C20H24N4O2. The largest absolute Gasteiger partial charge is 0.494 e. The van der Waals surface area contributed by atoms with E-state index in [4.69, 9.17) is 4.74 Å². The van der Waals surface area contributed by atoms with Gasteiger partial charge in [-0.05, 0) is 62.2 Å². The number of nitrogens with one attached hydrogen (secondary N) is 2. The van der Waals surface area contributed by atoms with Gasteiger partial charge in [0.2, 0.25) is 0 Å². The summed E-state index contributed by atoms with van der Waals surface area (Å²) in [6.07, 6.45) is 4.68. The maximum absolute atomic E-state index is 12.1. The van der Waals surface area contributed by atoms with Gasteiger partial charge in [-0.25, -0.2) is 9.78 Å². The normalized spacial score (nSPS) is 10.7. The summed E-state index contributed by atoms with van der Waals surface area (Å²) < 4.78 is 7.52. The van der Waals surface area contributed by atoms with Crippen molar-refractivity contribution in [2.75, 3.05) is 18.5 Å². The summed E-state index contributed by atoms with van der Waals surface area (Å²) in [5.41, 5.74) is 2.91. The average molecular weight is 352 g/mol. The van der Waals surface area contributed by atoms with Crippen LogP contribution in [-0.2, 0) is 13.0 Å². The Labute approximate surface area is 153 Å². The lowest BCUT2D eigenvalue weighted by atomic mass is 10.1. The van der Waals surface area contributed by atoms with E-state index in [1.807, 2.05) is 37.3 Å². The Morgan fingerprint density at radius 1 is 1.19 bits per heavy atom. The van der Waals surface area contributed by atoms with E-state index in [1.54, 1.807) is 6.20 Å². The molecule has 2 amide bonds. The fourth-order valence-electron chi connectivity index (χ4n) is 2.92. The summed E-state index contributed by atoms with van der Waals surface area (Å²) in [5.74, 6) is 0.791. The van der Waals surface area contributed by atoms with Crippen LogP contribution in [0.4, 0.5) is 10.5 Å². The molecule has 0 radical (unpaired) electrons. The summed E-state index contributed by atoms with van der Waals surface area (Å²) >= 11 is 0. The van der Waals surface area contributed by atoms with Gasteiger partial charge in [0.1, 0.15) is 11.4 Å². The first-order valence-electron chi connectivity index (χ1n) is 8.91. The van der Waals surface area contributed by atoms with Crippen LogP contribution in [0.2, 0.25) is 0 Å². The predicted molar refractivity (Wildman–Crippen MR) is 104 cm³/mol. The van der Waals surface area contributed by atoms with Crippen molar-refractivity contribution >= 4 is 22.8 Å². The maximum atomic E-state index is 12.1. The summed E-state index contributed by atoms with van der Waals surface area (Å²) in [7, 11) is 0. The highest BCUT2D eigenvalue weighted by molar-refractivity contribution is 5.89. The van der Waals surface area contributed by atoms with Crippen LogP contribution >= 0.6 is 0 Å². The summed E-state index contributed by atoms with van der Waals surface area (Å²) in [5, 5.41) is 6.87. The third kappa shape index (κ3) is 4.14. The number of ether oxygens (including phenoxy) is 1. The van der Waals surface area contributed by atoms with E-state index in [-0.39, 0.29) is 6.03 Å². The molecule has 3 aromatic rings. The lowest BCUT2D eigenvalue weighted by Gasteiger charge is -2.08. The Morgan fingerprint density at radius 3 is 2.73 bits per heavy atom. The van der Waals surface area contributed by atoms with Crippen molar-refractivity contribution in [3.63, 3.8) is 0 Å². The van der Waals surface area contributed by atoms with Crippen LogP contribution in [-0.4, -0.2) is 28.7 Å². The molecule has 0 bridgehead atoms. The minimum Gasteiger partial charge on any atom is -0.494 e. The van der Waals surface area contributed by atoms with Crippen LogP contribution < -0.4 is 15.4 Å². The van der Waals surface area contributed by atoms with Crippen LogP contribution in [0.3, 0.4) is 0 Å². The zero-order valence-corrected chi connectivity index (χ0v) is 15.2. The molecule has 2 heterocycles. The van der Waals surface area contributed by atoms with Crippen molar-refractivity contribution in [3.05, 3.63) is 54.4 Å². The monoisotopic (exact) mass is 352 g/mol. The van der Waals surface area contributed by atoms with Gasteiger partial charge in [0.05, 0.1) is 6.61 Å². The fourth-order valence-corrected chi connectivity index (χ4v) is 2.92. The zero-order valence-electron chi connectivity index (χ0n) is 15.2. The number of amides is 2. The van der Waals surface area contributed by atoms with E-state index in [9.17, 15) is 4.79 Å². The number of benzene rings is 1. The molecule has 2 aromatic heterocycles. The number of carbonyl (C=O) groups is 1. The third-order valence-corrected chi connectivity index (χ3v) is 4.16. The van der Waals surface area contributed by atoms with Crippen molar-refractivity contribution < 1.29 is 9.53 Å². The average Bonchev–Trinajstić information content (AvgIpc) is 3.02. The van der Waals surface area contributed by atoms with Crippen molar-refractivity contribution in [2.45, 2.75) is 26.8 Å². The zero-order chi connectivity index (χ0) is 18.4. The maximum Gasteiger partial charge on any atom is 0.319 e. The topological polar surface area (TPSA) is 68.2 Å². The number of hydrogen-bond acceptors (Lipinski definition) is 3. The summed E-state index contributed by atoms with van der Waals surface area (Å²) in [6, 6.07) is 11.1. The molecule has 0 saturated heterocycles. The number of aromatic nitrogens is 2. The van der Waals surface area contributed by atoms with E-state index in [2.05, 4.69) is 39.4 Å². The van der Waals surface area contributed by atoms with Crippen LogP contribution in [0.1, 0.15) is 19.4 Å². The number of anilines is 1. The molecule has 1 aromatic carbocycles. The highest BCUT2D eigenvalue weighted by Crippen LogP contribution is 2.19. The first kappa shape index (κ1) is 17.8. The van der Waals surface area contributed by atoms with Crippen LogP contribution in [0.5, 0.6) is 5.75 Å². The second-order valence-corrected chi connectivity index (χ2v) is 5.90. The van der Waals surface area contributed by atoms with Gasteiger partial charge >= 0.3 is 6.03 Å². The van der Waals surface area contributed by atoms with Gasteiger partial charge in [0, 0.05) is 36.6 Å². The predicted octanol–water partition coefficient (Wildman–Crippen LogP) is 3.82. The third-order valence-electron chi connectivity index (χ3n) is 4.16. The minimum absolute atomic E-state index is 0.216. The van der Waals surface area contributed by atoms with Gasteiger partial charge in [0.15, 0.2) is 0 Å². The van der Waals surface area contributed by atoms with Gasteiger partial charge in [-0.1, -0.05) is 0 Å². The van der Waals surface area contributed by atoms with Gasteiger partial charge in [-0.15, -0.1) is 0 Å². The molecule has 136 valence electrons. The van der Waals surface area contributed by atoms with Crippen LogP contribution in [0.25, 0.3) is 11.0 Å². The number of urea groups is 1. The number of fused-ring (bicyclic) bond motifs is 1. The highest BCUT2D eigenvalue weighted by Gasteiger charge is 2.09. The Kier molecular flexibility index (Phi) is 5.73. The van der Waals surface area contributed by atoms with Crippen molar-refractivity contribution in [3.8, 4) is 5.75 Å². The van der Waals surface area contributed by atoms with Gasteiger partial charge in [-0.2, -0.15) is 0 Å². The van der Waals surface area contributed by atoms with Gasteiger partial charge < -0.3 is 19.9 Å². The van der Waals surface area contributed by atoms with Crippen molar-refractivity contribution in [1.29, 1.82) is 0 Å². The Hall–Kier alpha value is -3.02. The quantitative estimate of drug-likeness (QED) is 0.679. The minimum atomic E-state index is -0.216. The van der Waals surface area contributed by atoms with Crippen molar-refractivity contribution in [2.24, 2.45) is 0 Å².